The molecular weight excluding hydrogens is 292 g/mol. The van der Waals surface area contributed by atoms with Crippen LogP contribution in [0.5, 0.6) is 5.75 Å². The number of ketones is 1. The van der Waals surface area contributed by atoms with E-state index >= 15 is 0 Å². The molecule has 21 heavy (non-hydrogen) atoms. The van der Waals surface area contributed by atoms with Gasteiger partial charge in [0.15, 0.2) is 15.6 Å². The number of carbonyl (C=O) groups is 1. The van der Waals surface area contributed by atoms with Gasteiger partial charge in [-0.05, 0) is 32.4 Å². The molecule has 0 radical (unpaired) electrons. The lowest BCUT2D eigenvalue weighted by Crippen LogP contribution is -2.33. The summed E-state index contributed by atoms with van der Waals surface area (Å²) >= 11 is 0. The van der Waals surface area contributed by atoms with Crippen molar-refractivity contribution in [1.29, 1.82) is 0 Å². The fourth-order valence-corrected chi connectivity index (χ4v) is 4.38. The van der Waals surface area contributed by atoms with Gasteiger partial charge in [0.25, 0.3) is 0 Å². The highest BCUT2D eigenvalue weighted by Gasteiger charge is 2.37. The Balaban J connectivity index is 2.18. The van der Waals surface area contributed by atoms with Crippen molar-refractivity contribution in [3.8, 4) is 5.75 Å². The van der Waals surface area contributed by atoms with Crippen LogP contribution in [0.2, 0.25) is 0 Å². The molecule has 2 atom stereocenters. The normalized spacial score (nSPS) is 22.2. The zero-order valence-corrected chi connectivity index (χ0v) is 13.1. The minimum atomic E-state index is -3.52. The van der Waals surface area contributed by atoms with E-state index in [4.69, 9.17) is 9.47 Å². The number of sulfone groups is 1. The lowest BCUT2D eigenvalue weighted by molar-refractivity contribution is 0.101. The van der Waals surface area contributed by atoms with Gasteiger partial charge >= 0.3 is 0 Å². The average molecular weight is 312 g/mol. The molecule has 116 valence electrons. The van der Waals surface area contributed by atoms with Crippen molar-refractivity contribution in [2.24, 2.45) is 0 Å². The summed E-state index contributed by atoms with van der Waals surface area (Å²) in [6.07, 6.45) is 0.0918. The molecule has 0 amide bonds. The summed E-state index contributed by atoms with van der Waals surface area (Å²) in [6, 6.07) is 6.72. The van der Waals surface area contributed by atoms with Crippen LogP contribution in [0.4, 0.5) is 0 Å². The molecule has 1 aromatic rings. The van der Waals surface area contributed by atoms with E-state index in [1.54, 1.807) is 31.2 Å². The van der Waals surface area contributed by atoms with Crippen LogP contribution in [0.3, 0.4) is 0 Å². The van der Waals surface area contributed by atoms with E-state index in [0.717, 1.165) is 0 Å². The van der Waals surface area contributed by atoms with Crippen molar-refractivity contribution in [3.63, 3.8) is 0 Å². The third kappa shape index (κ3) is 3.63. The Morgan fingerprint density at radius 2 is 2.10 bits per heavy atom. The summed E-state index contributed by atoms with van der Waals surface area (Å²) in [5.74, 6) is -0.510. The van der Waals surface area contributed by atoms with Crippen molar-refractivity contribution < 1.29 is 22.7 Å². The molecule has 0 saturated carbocycles. The van der Waals surface area contributed by atoms with Gasteiger partial charge in [0.05, 0.1) is 23.5 Å². The molecular formula is C15H20O5S. The molecule has 1 saturated heterocycles. The van der Waals surface area contributed by atoms with Crippen LogP contribution >= 0.6 is 0 Å². The van der Waals surface area contributed by atoms with Crippen LogP contribution < -0.4 is 4.74 Å². The first-order valence-electron chi connectivity index (χ1n) is 7.04. The van der Waals surface area contributed by atoms with E-state index in [1.807, 2.05) is 6.92 Å². The molecule has 0 N–H and O–H groups in total. The van der Waals surface area contributed by atoms with Gasteiger partial charge in [-0.1, -0.05) is 12.1 Å². The Hall–Kier alpha value is -1.40. The molecule has 1 aliphatic heterocycles. The lowest BCUT2D eigenvalue weighted by atomic mass is 10.1. The van der Waals surface area contributed by atoms with E-state index in [-0.39, 0.29) is 6.10 Å². The molecule has 0 spiro atoms. The van der Waals surface area contributed by atoms with Crippen molar-refractivity contribution in [1.82, 2.24) is 0 Å². The molecule has 6 heteroatoms. The summed E-state index contributed by atoms with van der Waals surface area (Å²) in [5, 5.41) is -0.597. The first kappa shape index (κ1) is 16.0. The van der Waals surface area contributed by atoms with Crippen LogP contribution in [0.15, 0.2) is 24.3 Å². The zero-order valence-electron chi connectivity index (χ0n) is 12.2. The van der Waals surface area contributed by atoms with E-state index in [2.05, 4.69) is 0 Å². The van der Waals surface area contributed by atoms with Crippen molar-refractivity contribution in [2.45, 2.75) is 31.6 Å². The molecule has 2 unspecified atom stereocenters. The smallest absolute Gasteiger partial charge is 0.181 e. The van der Waals surface area contributed by atoms with Crippen molar-refractivity contribution >= 4 is 15.6 Å². The predicted octanol–water partition coefficient (Wildman–Crippen LogP) is 1.86. The fourth-order valence-electron chi connectivity index (χ4n) is 2.53. The number of hydrogen-bond donors (Lipinski definition) is 0. The molecule has 1 fully saturated rings. The van der Waals surface area contributed by atoms with E-state index in [1.165, 1.54) is 0 Å². The van der Waals surface area contributed by atoms with Gasteiger partial charge in [0.1, 0.15) is 11.5 Å². The topological polar surface area (TPSA) is 69.7 Å². The Bertz CT molecular complexity index is 608. The Labute approximate surface area is 125 Å². The number of ether oxygens (including phenoxy) is 2. The van der Waals surface area contributed by atoms with Gasteiger partial charge in [0, 0.05) is 6.61 Å². The van der Waals surface area contributed by atoms with Gasteiger partial charge in [-0.2, -0.15) is 0 Å². The monoisotopic (exact) mass is 312 g/mol. The number of para-hydroxylation sites is 1. The summed E-state index contributed by atoms with van der Waals surface area (Å²) in [4.78, 5) is 12.3. The first-order valence-corrected chi connectivity index (χ1v) is 8.75. The summed E-state index contributed by atoms with van der Waals surface area (Å²) in [7, 11) is -3.52. The molecule has 0 bridgehead atoms. The largest absolute Gasteiger partial charge is 0.493 e. The Morgan fingerprint density at radius 3 is 2.71 bits per heavy atom. The van der Waals surface area contributed by atoms with E-state index in [0.29, 0.717) is 30.9 Å². The van der Waals surface area contributed by atoms with Crippen LogP contribution in [0.1, 0.15) is 30.6 Å². The molecule has 1 aromatic carbocycles. The maximum atomic E-state index is 12.4. The molecule has 5 nitrogen and oxygen atoms in total. The molecule has 1 aliphatic rings. The second-order valence-electron chi connectivity index (χ2n) is 5.06. The van der Waals surface area contributed by atoms with Crippen LogP contribution in [0, 0.1) is 0 Å². The highest BCUT2D eigenvalue weighted by atomic mass is 32.2. The number of carbonyl (C=O) groups excluding carboxylic acids is 1. The molecule has 0 aliphatic carbocycles. The minimum Gasteiger partial charge on any atom is -0.493 e. The van der Waals surface area contributed by atoms with Gasteiger partial charge < -0.3 is 9.47 Å². The van der Waals surface area contributed by atoms with E-state index < -0.39 is 26.6 Å². The van der Waals surface area contributed by atoms with Gasteiger partial charge in [-0.15, -0.1) is 0 Å². The standard InChI is InChI=1S/C15H20O5S/c1-3-19-14-7-5-4-6-12(14)13(16)10-21(17,18)15-8-9-20-11(15)2/h4-7,11,15H,3,8-10H2,1-2H3. The fraction of sp³-hybridized carbons (Fsp3) is 0.533. The SMILES string of the molecule is CCOc1ccccc1C(=O)CS(=O)(=O)C1CCOC1C. The van der Waals surface area contributed by atoms with Gasteiger partial charge in [-0.25, -0.2) is 8.42 Å². The minimum absolute atomic E-state index is 0.314. The third-order valence-electron chi connectivity index (χ3n) is 3.59. The van der Waals surface area contributed by atoms with Gasteiger partial charge in [-0.3, -0.25) is 4.79 Å². The summed E-state index contributed by atoms with van der Waals surface area (Å²) in [5.41, 5.74) is 0.314. The Kier molecular flexibility index (Phi) is 5.00. The average Bonchev–Trinajstić information content (AvgIpc) is 2.86. The van der Waals surface area contributed by atoms with Crippen LogP contribution in [-0.2, 0) is 14.6 Å². The Morgan fingerprint density at radius 1 is 1.38 bits per heavy atom. The number of benzene rings is 1. The molecule has 1 heterocycles. The quantitative estimate of drug-likeness (QED) is 0.750. The second-order valence-corrected chi connectivity index (χ2v) is 7.28. The van der Waals surface area contributed by atoms with Crippen LogP contribution in [-0.4, -0.2) is 44.5 Å². The number of rotatable bonds is 6. The van der Waals surface area contributed by atoms with Crippen LogP contribution in [0.25, 0.3) is 0 Å². The highest BCUT2D eigenvalue weighted by Crippen LogP contribution is 2.24. The first-order chi connectivity index (χ1) is 9.95. The molecule has 0 aromatic heterocycles. The maximum Gasteiger partial charge on any atom is 0.181 e. The van der Waals surface area contributed by atoms with Gasteiger partial charge in [0.2, 0.25) is 0 Å². The molecule has 2 rings (SSSR count). The van der Waals surface area contributed by atoms with Crippen molar-refractivity contribution in [2.75, 3.05) is 19.0 Å². The van der Waals surface area contributed by atoms with E-state index in [9.17, 15) is 13.2 Å². The summed E-state index contributed by atoms with van der Waals surface area (Å²) < 4.78 is 35.4. The zero-order chi connectivity index (χ0) is 15.5. The van der Waals surface area contributed by atoms with Crippen molar-refractivity contribution in [3.05, 3.63) is 29.8 Å². The third-order valence-corrected chi connectivity index (χ3v) is 5.79. The lowest BCUT2D eigenvalue weighted by Gasteiger charge is -2.15. The maximum absolute atomic E-state index is 12.4. The second kappa shape index (κ2) is 6.58. The number of Topliss-reactive ketones (excluding diaryl/α,β-unsaturated/α-hetero) is 1. The number of hydrogen-bond acceptors (Lipinski definition) is 5. The predicted molar refractivity (Wildman–Crippen MR) is 79.5 cm³/mol. The summed E-state index contributed by atoms with van der Waals surface area (Å²) in [6.45, 7) is 4.39. The highest BCUT2D eigenvalue weighted by molar-refractivity contribution is 7.92.